The number of carboxylic acids is 1. The van der Waals surface area contributed by atoms with Crippen LogP contribution in [-0.4, -0.2) is 31.2 Å². The third-order valence-electron chi connectivity index (χ3n) is 3.27. The summed E-state index contributed by atoms with van der Waals surface area (Å²) in [7, 11) is 0. The maximum Gasteiger partial charge on any atom is 0.358 e. The van der Waals surface area contributed by atoms with Gasteiger partial charge in [-0.15, -0.1) is 5.10 Å². The highest BCUT2D eigenvalue weighted by Gasteiger charge is 2.20. The standard InChI is InChI=1S/C16H13N3O3/c20-13-8-6-12(7-9-13)19-14(15(16(21)22)17-18-19)10-11-4-2-1-3-5-11/h1-9,20H,10H2,(H,21,22). The third-order valence-corrected chi connectivity index (χ3v) is 3.27. The van der Waals surface area contributed by atoms with E-state index in [0.29, 0.717) is 17.8 Å². The van der Waals surface area contributed by atoms with E-state index in [4.69, 9.17) is 0 Å². The molecule has 2 N–H and O–H groups in total. The number of hydrogen-bond donors (Lipinski definition) is 2. The average Bonchev–Trinajstić information content (AvgIpc) is 2.93. The molecule has 1 heterocycles. The van der Waals surface area contributed by atoms with Crippen molar-refractivity contribution in [2.75, 3.05) is 0 Å². The van der Waals surface area contributed by atoms with Crippen LogP contribution in [0.3, 0.4) is 0 Å². The predicted octanol–water partition coefficient (Wildman–Crippen LogP) is 2.26. The van der Waals surface area contributed by atoms with Crippen molar-refractivity contribution in [1.82, 2.24) is 15.0 Å². The molecule has 0 unspecified atom stereocenters. The summed E-state index contributed by atoms with van der Waals surface area (Å²) in [6.07, 6.45) is 0.399. The summed E-state index contributed by atoms with van der Waals surface area (Å²) in [5.74, 6) is -0.983. The summed E-state index contributed by atoms with van der Waals surface area (Å²) in [5, 5.41) is 26.4. The number of rotatable bonds is 4. The van der Waals surface area contributed by atoms with Gasteiger partial charge in [-0.25, -0.2) is 9.48 Å². The van der Waals surface area contributed by atoms with Crippen molar-refractivity contribution in [3.8, 4) is 11.4 Å². The number of carboxylic acid groups (broad SMARTS) is 1. The van der Waals surface area contributed by atoms with Gasteiger partial charge in [-0.1, -0.05) is 35.5 Å². The van der Waals surface area contributed by atoms with Crippen LogP contribution < -0.4 is 0 Å². The lowest BCUT2D eigenvalue weighted by Crippen LogP contribution is -2.07. The Kier molecular flexibility index (Phi) is 3.57. The number of aromatic carboxylic acids is 1. The van der Waals surface area contributed by atoms with E-state index in [2.05, 4.69) is 10.3 Å². The Hall–Kier alpha value is -3.15. The molecule has 2 aromatic carbocycles. The molecule has 0 aliphatic heterocycles. The van der Waals surface area contributed by atoms with Gasteiger partial charge >= 0.3 is 5.97 Å². The largest absolute Gasteiger partial charge is 0.508 e. The van der Waals surface area contributed by atoms with Gasteiger partial charge in [-0.3, -0.25) is 0 Å². The average molecular weight is 295 g/mol. The van der Waals surface area contributed by atoms with Crippen molar-refractivity contribution in [2.24, 2.45) is 0 Å². The van der Waals surface area contributed by atoms with Crippen molar-refractivity contribution in [3.05, 3.63) is 71.5 Å². The second-order valence-corrected chi connectivity index (χ2v) is 4.78. The number of hydrogen-bond acceptors (Lipinski definition) is 4. The van der Waals surface area contributed by atoms with Gasteiger partial charge in [-0.05, 0) is 29.8 Å². The highest BCUT2D eigenvalue weighted by Crippen LogP contribution is 2.19. The summed E-state index contributed by atoms with van der Waals surface area (Å²) in [6.45, 7) is 0. The molecular weight excluding hydrogens is 282 g/mol. The molecule has 6 heteroatoms. The smallest absolute Gasteiger partial charge is 0.358 e. The fourth-order valence-corrected chi connectivity index (χ4v) is 2.22. The highest BCUT2D eigenvalue weighted by atomic mass is 16.4. The van der Waals surface area contributed by atoms with Crippen molar-refractivity contribution < 1.29 is 15.0 Å². The molecule has 1 aromatic heterocycles. The van der Waals surface area contributed by atoms with Crippen LogP contribution in [0.2, 0.25) is 0 Å². The number of nitrogens with zero attached hydrogens (tertiary/aromatic N) is 3. The molecule has 0 bridgehead atoms. The Morgan fingerprint density at radius 1 is 1.05 bits per heavy atom. The molecule has 3 aromatic rings. The van der Waals surface area contributed by atoms with Crippen LogP contribution in [0.4, 0.5) is 0 Å². The number of carbonyl (C=O) groups is 1. The van der Waals surface area contributed by atoms with Crippen LogP contribution in [0.15, 0.2) is 54.6 Å². The minimum absolute atomic E-state index is 0.0723. The number of phenols is 1. The Morgan fingerprint density at radius 3 is 2.36 bits per heavy atom. The Balaban J connectivity index is 2.07. The van der Waals surface area contributed by atoms with Crippen LogP contribution in [0.1, 0.15) is 21.7 Å². The van der Waals surface area contributed by atoms with Crippen LogP contribution in [-0.2, 0) is 6.42 Å². The van der Waals surface area contributed by atoms with E-state index in [1.54, 1.807) is 12.1 Å². The molecule has 0 fully saturated rings. The SMILES string of the molecule is O=C(O)c1nnn(-c2ccc(O)cc2)c1Cc1ccccc1. The Morgan fingerprint density at radius 2 is 1.73 bits per heavy atom. The maximum absolute atomic E-state index is 11.4. The molecule has 0 saturated carbocycles. The van der Waals surface area contributed by atoms with Gasteiger partial charge in [0.1, 0.15) is 5.75 Å². The van der Waals surface area contributed by atoms with Crippen molar-refractivity contribution in [3.63, 3.8) is 0 Å². The normalized spacial score (nSPS) is 10.5. The van der Waals surface area contributed by atoms with E-state index in [9.17, 15) is 15.0 Å². The monoisotopic (exact) mass is 295 g/mol. The first-order valence-corrected chi connectivity index (χ1v) is 6.66. The number of benzene rings is 2. The topological polar surface area (TPSA) is 88.2 Å². The van der Waals surface area contributed by atoms with Crippen molar-refractivity contribution in [2.45, 2.75) is 6.42 Å². The molecule has 0 aliphatic rings. The zero-order valence-corrected chi connectivity index (χ0v) is 11.5. The van der Waals surface area contributed by atoms with Gasteiger partial charge in [0.2, 0.25) is 0 Å². The predicted molar refractivity (Wildman–Crippen MR) is 79.2 cm³/mol. The molecular formula is C16H13N3O3. The quantitative estimate of drug-likeness (QED) is 0.770. The number of aromatic hydroxyl groups is 1. The lowest BCUT2D eigenvalue weighted by molar-refractivity contribution is 0.0689. The highest BCUT2D eigenvalue weighted by molar-refractivity contribution is 5.86. The molecule has 22 heavy (non-hydrogen) atoms. The fourth-order valence-electron chi connectivity index (χ4n) is 2.22. The molecule has 0 spiro atoms. The van der Waals surface area contributed by atoms with Crippen molar-refractivity contribution >= 4 is 5.97 Å². The summed E-state index contributed by atoms with van der Waals surface area (Å²) in [6, 6.07) is 15.9. The van der Waals surface area contributed by atoms with E-state index in [1.807, 2.05) is 30.3 Å². The zero-order chi connectivity index (χ0) is 15.5. The van der Waals surface area contributed by atoms with Gasteiger partial charge in [0, 0.05) is 6.42 Å². The molecule has 0 saturated heterocycles. The fraction of sp³-hybridized carbons (Fsp3) is 0.0625. The van der Waals surface area contributed by atoms with Crippen LogP contribution in [0.25, 0.3) is 5.69 Å². The lowest BCUT2D eigenvalue weighted by Gasteiger charge is -2.07. The summed E-state index contributed by atoms with van der Waals surface area (Å²) in [4.78, 5) is 11.4. The summed E-state index contributed by atoms with van der Waals surface area (Å²) in [5.41, 5.74) is 2.03. The second kappa shape index (κ2) is 5.69. The minimum Gasteiger partial charge on any atom is -0.508 e. The summed E-state index contributed by atoms with van der Waals surface area (Å²) >= 11 is 0. The van der Waals surface area contributed by atoms with Crippen molar-refractivity contribution in [1.29, 1.82) is 0 Å². The van der Waals surface area contributed by atoms with E-state index in [-0.39, 0.29) is 11.4 Å². The van der Waals surface area contributed by atoms with E-state index in [1.165, 1.54) is 16.8 Å². The van der Waals surface area contributed by atoms with Crippen LogP contribution in [0, 0.1) is 0 Å². The van der Waals surface area contributed by atoms with Gasteiger partial charge in [0.05, 0.1) is 11.4 Å². The molecule has 110 valence electrons. The van der Waals surface area contributed by atoms with Crippen LogP contribution >= 0.6 is 0 Å². The molecule has 0 atom stereocenters. The molecule has 0 amide bonds. The first-order chi connectivity index (χ1) is 10.6. The Bertz CT molecular complexity index is 795. The van der Waals surface area contributed by atoms with Gasteiger partial charge in [0.15, 0.2) is 5.69 Å². The maximum atomic E-state index is 11.4. The van der Waals surface area contributed by atoms with E-state index in [0.717, 1.165) is 5.56 Å². The number of aromatic nitrogens is 3. The minimum atomic E-state index is -1.11. The van der Waals surface area contributed by atoms with Gasteiger partial charge in [0.25, 0.3) is 0 Å². The molecule has 0 aliphatic carbocycles. The van der Waals surface area contributed by atoms with Crippen LogP contribution in [0.5, 0.6) is 5.75 Å². The molecule has 6 nitrogen and oxygen atoms in total. The van der Waals surface area contributed by atoms with E-state index < -0.39 is 5.97 Å². The third kappa shape index (κ3) is 2.67. The number of phenolic OH excluding ortho intramolecular Hbond substituents is 1. The second-order valence-electron chi connectivity index (χ2n) is 4.78. The first kappa shape index (κ1) is 13.8. The molecule has 0 radical (unpaired) electrons. The van der Waals surface area contributed by atoms with Gasteiger partial charge < -0.3 is 10.2 Å². The van der Waals surface area contributed by atoms with Gasteiger partial charge in [-0.2, -0.15) is 0 Å². The molecule has 3 rings (SSSR count). The zero-order valence-electron chi connectivity index (χ0n) is 11.5. The summed E-state index contributed by atoms with van der Waals surface area (Å²) < 4.78 is 1.48. The van der Waals surface area contributed by atoms with E-state index >= 15 is 0 Å². The first-order valence-electron chi connectivity index (χ1n) is 6.66. The Labute approximate surface area is 126 Å². The lowest BCUT2D eigenvalue weighted by atomic mass is 10.1.